The maximum atomic E-state index is 14.4. The van der Waals surface area contributed by atoms with Crippen molar-refractivity contribution in [2.45, 2.75) is 0 Å². The highest BCUT2D eigenvalue weighted by atomic mass is 19.1. The Bertz CT molecular complexity index is 2960. The highest BCUT2D eigenvalue weighted by Gasteiger charge is 2.18. The molecule has 2 nitrogen and oxygen atoms in total. The van der Waals surface area contributed by atoms with Crippen LogP contribution < -0.4 is 4.90 Å². The summed E-state index contributed by atoms with van der Waals surface area (Å²) in [5, 5.41) is 4.63. The summed E-state index contributed by atoms with van der Waals surface area (Å²) in [6, 6.07) is 73.7. The van der Waals surface area contributed by atoms with Gasteiger partial charge in [0.25, 0.3) is 0 Å². The summed E-state index contributed by atoms with van der Waals surface area (Å²) in [4.78, 5) is 2.34. The number of halogens is 1. The molecule has 10 rings (SSSR count). The van der Waals surface area contributed by atoms with Crippen LogP contribution in [0.3, 0.4) is 0 Å². The molecular weight excluding hydrogens is 672 g/mol. The van der Waals surface area contributed by atoms with Gasteiger partial charge in [-0.3, -0.25) is 0 Å². The van der Waals surface area contributed by atoms with Crippen molar-refractivity contribution in [2.75, 3.05) is 4.90 Å². The average Bonchev–Trinajstić information content (AvgIpc) is 3.58. The van der Waals surface area contributed by atoms with E-state index in [2.05, 4.69) is 191 Å². The predicted molar refractivity (Wildman–Crippen MR) is 229 cm³/mol. The number of fused-ring (bicyclic) bond motifs is 4. The van der Waals surface area contributed by atoms with Crippen molar-refractivity contribution in [1.29, 1.82) is 0 Å². The Morgan fingerprint density at radius 2 is 0.909 bits per heavy atom. The second-order valence-electron chi connectivity index (χ2n) is 13.9. The summed E-state index contributed by atoms with van der Waals surface area (Å²) in [5.74, 6) is -0.240. The molecule has 0 aliphatic rings. The summed E-state index contributed by atoms with van der Waals surface area (Å²) in [7, 11) is 0. The van der Waals surface area contributed by atoms with Gasteiger partial charge in [-0.15, -0.1) is 0 Å². The van der Waals surface area contributed by atoms with Gasteiger partial charge in [0, 0.05) is 33.5 Å². The van der Waals surface area contributed by atoms with Crippen molar-refractivity contribution in [1.82, 2.24) is 4.57 Å². The van der Waals surface area contributed by atoms with Crippen molar-refractivity contribution in [3.05, 3.63) is 218 Å². The second kappa shape index (κ2) is 13.6. The molecule has 0 aliphatic carbocycles. The molecule has 1 aromatic heterocycles. The van der Waals surface area contributed by atoms with Gasteiger partial charge in [0.15, 0.2) is 0 Å². The van der Waals surface area contributed by atoms with Crippen molar-refractivity contribution in [2.24, 2.45) is 0 Å². The molecule has 0 bridgehead atoms. The number of aromatic nitrogens is 1. The van der Waals surface area contributed by atoms with Gasteiger partial charge in [-0.1, -0.05) is 140 Å². The lowest BCUT2D eigenvalue weighted by Crippen LogP contribution is -2.10. The minimum atomic E-state index is -0.240. The number of nitrogens with zero attached hydrogens (tertiary/aromatic N) is 2. The zero-order chi connectivity index (χ0) is 36.7. The first-order valence-electron chi connectivity index (χ1n) is 18.6. The van der Waals surface area contributed by atoms with Crippen LogP contribution in [0, 0.1) is 5.82 Å². The van der Waals surface area contributed by atoms with Crippen LogP contribution in [-0.2, 0) is 0 Å². The van der Waals surface area contributed by atoms with Crippen molar-refractivity contribution < 1.29 is 4.39 Å². The number of hydrogen-bond donors (Lipinski definition) is 0. The molecule has 1 heterocycles. The fraction of sp³-hybridized carbons (Fsp3) is 0. The summed E-state index contributed by atoms with van der Waals surface area (Å²) in [6.07, 6.45) is 0. The zero-order valence-electron chi connectivity index (χ0n) is 30.0. The summed E-state index contributed by atoms with van der Waals surface area (Å²) in [6.45, 7) is 0. The van der Waals surface area contributed by atoms with Crippen molar-refractivity contribution in [3.8, 4) is 39.1 Å². The van der Waals surface area contributed by atoms with Gasteiger partial charge in [-0.25, -0.2) is 4.39 Å². The molecule has 0 amide bonds. The number of benzene rings is 9. The first-order valence-corrected chi connectivity index (χ1v) is 18.6. The van der Waals surface area contributed by atoms with E-state index in [0.717, 1.165) is 61.3 Å². The highest BCUT2D eigenvalue weighted by molar-refractivity contribution is 6.11. The first-order chi connectivity index (χ1) is 27.2. The Morgan fingerprint density at radius 1 is 0.364 bits per heavy atom. The fourth-order valence-electron chi connectivity index (χ4n) is 8.10. The summed E-state index contributed by atoms with van der Waals surface area (Å²) < 4.78 is 16.8. The van der Waals surface area contributed by atoms with E-state index in [4.69, 9.17) is 0 Å². The zero-order valence-corrected chi connectivity index (χ0v) is 30.0. The molecule has 0 saturated carbocycles. The van der Waals surface area contributed by atoms with E-state index < -0.39 is 0 Å². The van der Waals surface area contributed by atoms with Crippen LogP contribution in [0.1, 0.15) is 0 Å². The smallest absolute Gasteiger partial charge is 0.123 e. The van der Waals surface area contributed by atoms with E-state index in [1.807, 2.05) is 12.1 Å². The normalized spacial score (nSPS) is 11.4. The number of anilines is 3. The molecule has 0 radical (unpaired) electrons. The topological polar surface area (TPSA) is 8.17 Å². The van der Waals surface area contributed by atoms with Gasteiger partial charge in [0.05, 0.1) is 11.0 Å². The average molecular weight is 707 g/mol. The molecule has 9 aromatic carbocycles. The molecule has 0 fully saturated rings. The molecular formula is C52H35FN2. The third-order valence-electron chi connectivity index (χ3n) is 10.6. The lowest BCUT2D eigenvalue weighted by molar-refractivity contribution is 0.628. The molecule has 55 heavy (non-hydrogen) atoms. The molecule has 0 spiro atoms. The lowest BCUT2D eigenvalue weighted by atomic mass is 9.91. The Balaban J connectivity index is 1.12. The van der Waals surface area contributed by atoms with Crippen LogP contribution in [0.4, 0.5) is 21.5 Å². The van der Waals surface area contributed by atoms with Crippen LogP contribution in [-0.4, -0.2) is 4.57 Å². The molecule has 3 heteroatoms. The third-order valence-corrected chi connectivity index (χ3v) is 10.6. The van der Waals surface area contributed by atoms with Crippen molar-refractivity contribution in [3.63, 3.8) is 0 Å². The quantitative estimate of drug-likeness (QED) is 0.160. The molecule has 0 unspecified atom stereocenters. The Hall–Kier alpha value is -7.23. The first kappa shape index (κ1) is 32.4. The number of para-hydroxylation sites is 2. The van der Waals surface area contributed by atoms with Crippen LogP contribution in [0.5, 0.6) is 0 Å². The Labute approximate surface area is 319 Å². The number of rotatable bonds is 7. The van der Waals surface area contributed by atoms with Gasteiger partial charge in [-0.2, -0.15) is 0 Å². The van der Waals surface area contributed by atoms with Gasteiger partial charge >= 0.3 is 0 Å². The van der Waals surface area contributed by atoms with Gasteiger partial charge in [-0.05, 0) is 117 Å². The van der Waals surface area contributed by atoms with E-state index >= 15 is 0 Å². The maximum Gasteiger partial charge on any atom is 0.123 e. The van der Waals surface area contributed by atoms with Gasteiger partial charge in [0.1, 0.15) is 5.82 Å². The fourth-order valence-corrected chi connectivity index (χ4v) is 8.10. The van der Waals surface area contributed by atoms with Crippen LogP contribution in [0.2, 0.25) is 0 Å². The number of hydrogen-bond acceptors (Lipinski definition) is 1. The SMILES string of the molecule is Fc1cccc(-c2cccc3cccc(-c4ccc(N(c5ccc(-c6ccccc6)cc5)c5ccc6c(c5)c5ccccc5n6-c5ccccc5)cc4)c23)c1. The second-order valence-corrected chi connectivity index (χ2v) is 13.9. The molecule has 0 atom stereocenters. The van der Waals surface area contributed by atoms with Crippen molar-refractivity contribution >= 4 is 49.6 Å². The summed E-state index contributed by atoms with van der Waals surface area (Å²) >= 11 is 0. The third kappa shape index (κ3) is 5.83. The molecule has 0 N–H and O–H groups in total. The highest BCUT2D eigenvalue weighted by Crippen LogP contribution is 2.42. The monoisotopic (exact) mass is 706 g/mol. The van der Waals surface area contributed by atoms with E-state index in [-0.39, 0.29) is 5.82 Å². The molecule has 260 valence electrons. The van der Waals surface area contributed by atoms with E-state index in [1.54, 1.807) is 12.1 Å². The minimum absolute atomic E-state index is 0.240. The van der Waals surface area contributed by atoms with E-state index in [9.17, 15) is 4.39 Å². The largest absolute Gasteiger partial charge is 0.310 e. The van der Waals surface area contributed by atoms with E-state index in [1.165, 1.54) is 33.5 Å². The van der Waals surface area contributed by atoms with Crippen LogP contribution >= 0.6 is 0 Å². The minimum Gasteiger partial charge on any atom is -0.310 e. The Kier molecular flexibility index (Phi) is 8.04. The van der Waals surface area contributed by atoms with Gasteiger partial charge < -0.3 is 9.47 Å². The van der Waals surface area contributed by atoms with Gasteiger partial charge in [0.2, 0.25) is 0 Å². The van der Waals surface area contributed by atoms with Crippen LogP contribution in [0.25, 0.3) is 71.6 Å². The predicted octanol–water partition coefficient (Wildman–Crippen LogP) is 14.5. The maximum absolute atomic E-state index is 14.4. The van der Waals surface area contributed by atoms with Crippen LogP contribution in [0.15, 0.2) is 212 Å². The summed E-state index contributed by atoms with van der Waals surface area (Å²) in [5.41, 5.74) is 13.1. The molecule has 10 aromatic rings. The van der Waals surface area contributed by atoms with E-state index in [0.29, 0.717) is 0 Å². The lowest BCUT2D eigenvalue weighted by Gasteiger charge is -2.26. The Morgan fingerprint density at radius 3 is 1.62 bits per heavy atom. The molecule has 0 aliphatic heterocycles. The standard InChI is InChI=1S/C52H35FN2/c53-41-17-9-16-40(34-41)47-22-11-15-39-14-10-21-46(52(39)47)38-26-30-44(31-27-38)54(43-28-24-37(25-29-43)36-12-3-1-4-13-36)45-32-33-51-49(35-45)48-20-7-8-23-50(48)55(51)42-18-5-2-6-19-42/h1-35H. The molecule has 0 saturated heterocycles.